The van der Waals surface area contributed by atoms with Crippen LogP contribution in [0.25, 0.3) is 0 Å². The van der Waals surface area contributed by atoms with Crippen LogP contribution in [0.3, 0.4) is 0 Å². The molecule has 1 heteroatoms. The van der Waals surface area contributed by atoms with Crippen LogP contribution >= 0.6 is 0 Å². The van der Waals surface area contributed by atoms with Crippen molar-refractivity contribution in [1.29, 1.82) is 0 Å². The van der Waals surface area contributed by atoms with Crippen LogP contribution in [0.4, 0.5) is 0 Å². The third kappa shape index (κ3) is 2.80. The molecular formula is C9H16N+. The molecule has 0 bridgehead atoms. The van der Waals surface area contributed by atoms with Crippen molar-refractivity contribution in [3.63, 3.8) is 0 Å². The zero-order valence-corrected chi connectivity index (χ0v) is 7.09. The minimum Gasteiger partial charge on any atom is -0.250 e. The van der Waals surface area contributed by atoms with Gasteiger partial charge in [0, 0.05) is 6.04 Å². The Morgan fingerprint density at radius 2 is 2.00 bits per heavy atom. The van der Waals surface area contributed by atoms with Gasteiger partial charge < -0.3 is 0 Å². The molecule has 0 saturated carbocycles. The molecule has 1 unspecified atom stereocenters. The zero-order chi connectivity index (χ0) is 8.15. The standard InChI is InChI=1S/C9H16N/c1-6-7-10(8(2)3)9(4)5/h1,8-9H,2,7H2,3-5H3/q+1. The Kier molecular flexibility index (Phi) is 3.99. The summed E-state index contributed by atoms with van der Waals surface area (Å²) < 4.78 is 0. The molecular weight excluding hydrogens is 122 g/mol. The number of nitrogens with zero attached hydrogens (tertiary/aromatic N) is 1. The molecule has 0 radical (unpaired) electrons. The first kappa shape index (κ1) is 9.39. The fraction of sp³-hybridized carbons (Fsp3) is 0.667. The lowest BCUT2D eigenvalue weighted by Crippen LogP contribution is -2.37. The highest BCUT2D eigenvalue weighted by Crippen LogP contribution is 2.02. The highest BCUT2D eigenvalue weighted by Gasteiger charge is 2.15. The molecule has 0 N–H and O–H groups in total. The van der Waals surface area contributed by atoms with E-state index in [0.29, 0.717) is 18.6 Å². The van der Waals surface area contributed by atoms with Crippen LogP contribution in [0.1, 0.15) is 20.8 Å². The van der Waals surface area contributed by atoms with Crippen molar-refractivity contribution in [2.45, 2.75) is 32.9 Å². The molecule has 0 saturated heterocycles. The molecule has 0 spiro atoms. The van der Waals surface area contributed by atoms with E-state index in [2.05, 4.69) is 38.5 Å². The fourth-order valence-corrected chi connectivity index (χ4v) is 0.953. The smallest absolute Gasteiger partial charge is 0.147 e. The van der Waals surface area contributed by atoms with Gasteiger partial charge in [0.05, 0.1) is 13.5 Å². The van der Waals surface area contributed by atoms with Gasteiger partial charge in [-0.05, 0) is 20.8 Å². The maximum Gasteiger partial charge on any atom is 0.147 e. The Labute approximate surface area is 64.4 Å². The highest BCUT2D eigenvalue weighted by atomic mass is 15.2. The second-order valence-corrected chi connectivity index (χ2v) is 2.82. The summed E-state index contributed by atoms with van der Waals surface area (Å²) in [5.41, 5.74) is 0. The van der Waals surface area contributed by atoms with Gasteiger partial charge in [0.15, 0.2) is 0 Å². The van der Waals surface area contributed by atoms with Crippen LogP contribution in [-0.2, 0) is 0 Å². The Bertz CT molecular complexity index is 111. The van der Waals surface area contributed by atoms with E-state index in [1.807, 2.05) is 0 Å². The van der Waals surface area contributed by atoms with Crippen LogP contribution in [-0.4, -0.2) is 23.5 Å². The molecule has 0 heterocycles. The number of hydrogen-bond donors (Lipinski definition) is 0. The first-order valence-corrected chi connectivity index (χ1v) is 3.62. The lowest BCUT2D eigenvalue weighted by Gasteiger charge is -2.23. The molecule has 0 aromatic carbocycles. The zero-order valence-electron chi connectivity index (χ0n) is 7.09. The Balaban J connectivity index is 3.88. The summed E-state index contributed by atoms with van der Waals surface area (Å²) in [7, 11) is 0. The van der Waals surface area contributed by atoms with E-state index in [1.165, 1.54) is 0 Å². The second kappa shape index (κ2) is 4.24. The predicted molar refractivity (Wildman–Crippen MR) is 45.5 cm³/mol. The molecule has 1 nitrogen and oxygen atoms in total. The molecule has 0 amide bonds. The number of rotatable bonds is 3. The number of hydrogen-bond acceptors (Lipinski definition) is 1. The van der Waals surface area contributed by atoms with Crippen molar-refractivity contribution in [3.05, 3.63) is 6.92 Å². The summed E-state index contributed by atoms with van der Waals surface area (Å²) in [5.74, 6) is 2.62. The molecule has 0 aliphatic heterocycles. The van der Waals surface area contributed by atoms with E-state index in [4.69, 9.17) is 6.42 Å². The minimum atomic E-state index is 0.302. The maximum atomic E-state index is 5.19. The van der Waals surface area contributed by atoms with Crippen molar-refractivity contribution in [2.24, 2.45) is 0 Å². The van der Waals surface area contributed by atoms with Crippen molar-refractivity contribution in [2.75, 3.05) is 6.54 Å². The van der Waals surface area contributed by atoms with Crippen LogP contribution < -0.4 is 0 Å². The molecule has 0 aliphatic rings. The van der Waals surface area contributed by atoms with Crippen molar-refractivity contribution < 1.29 is 0 Å². The molecule has 0 aliphatic carbocycles. The van der Waals surface area contributed by atoms with E-state index in [-0.39, 0.29) is 0 Å². The molecule has 10 heavy (non-hydrogen) atoms. The summed E-state index contributed by atoms with van der Waals surface area (Å²) in [6.45, 7) is 10.9. The maximum absolute atomic E-state index is 5.19. The summed E-state index contributed by atoms with van der Waals surface area (Å²) in [6.07, 6.45) is 5.19. The van der Waals surface area contributed by atoms with Gasteiger partial charge in [0.2, 0.25) is 0 Å². The SMILES string of the molecule is C#CCN(C([CH2+])C)C(C)C. The minimum absolute atomic E-state index is 0.302. The van der Waals surface area contributed by atoms with Crippen LogP contribution in [0.15, 0.2) is 0 Å². The van der Waals surface area contributed by atoms with E-state index >= 15 is 0 Å². The van der Waals surface area contributed by atoms with Crippen molar-refractivity contribution >= 4 is 0 Å². The lowest BCUT2D eigenvalue weighted by molar-refractivity contribution is 0.216. The molecule has 0 rings (SSSR count). The van der Waals surface area contributed by atoms with E-state index < -0.39 is 0 Å². The molecule has 56 valence electrons. The predicted octanol–water partition coefficient (Wildman–Crippen LogP) is 1.55. The second-order valence-electron chi connectivity index (χ2n) is 2.82. The topological polar surface area (TPSA) is 3.24 Å². The summed E-state index contributed by atoms with van der Waals surface area (Å²) in [4.78, 5) is 2.17. The summed E-state index contributed by atoms with van der Waals surface area (Å²) >= 11 is 0. The van der Waals surface area contributed by atoms with Gasteiger partial charge in [-0.2, -0.15) is 0 Å². The molecule has 0 aromatic heterocycles. The molecule has 1 atom stereocenters. The fourth-order valence-electron chi connectivity index (χ4n) is 0.953. The Morgan fingerprint density at radius 1 is 1.50 bits per heavy atom. The average molecular weight is 138 g/mol. The largest absolute Gasteiger partial charge is 0.250 e. The van der Waals surface area contributed by atoms with Gasteiger partial charge in [-0.1, -0.05) is 5.92 Å². The van der Waals surface area contributed by atoms with Gasteiger partial charge in [0.1, 0.15) is 6.04 Å². The molecule has 0 aromatic rings. The van der Waals surface area contributed by atoms with Crippen LogP contribution in [0, 0.1) is 19.3 Å². The summed E-state index contributed by atoms with van der Waals surface area (Å²) in [6, 6.07) is 0.791. The molecule has 0 fully saturated rings. The average Bonchev–Trinajstić information content (AvgIpc) is 1.81. The Morgan fingerprint density at radius 3 is 2.10 bits per heavy atom. The van der Waals surface area contributed by atoms with E-state index in [9.17, 15) is 0 Å². The third-order valence-corrected chi connectivity index (χ3v) is 1.50. The van der Waals surface area contributed by atoms with Gasteiger partial charge in [-0.25, -0.2) is 4.90 Å². The lowest BCUT2D eigenvalue weighted by atomic mass is 10.2. The van der Waals surface area contributed by atoms with Crippen molar-refractivity contribution in [3.8, 4) is 12.3 Å². The first-order valence-electron chi connectivity index (χ1n) is 3.62. The monoisotopic (exact) mass is 138 g/mol. The third-order valence-electron chi connectivity index (χ3n) is 1.50. The van der Waals surface area contributed by atoms with Crippen LogP contribution in [0.5, 0.6) is 0 Å². The van der Waals surface area contributed by atoms with Crippen molar-refractivity contribution in [1.82, 2.24) is 4.90 Å². The Hall–Kier alpha value is -0.610. The number of terminal acetylenes is 1. The van der Waals surface area contributed by atoms with Gasteiger partial charge in [-0.15, -0.1) is 6.42 Å². The van der Waals surface area contributed by atoms with Gasteiger partial charge >= 0.3 is 0 Å². The van der Waals surface area contributed by atoms with Gasteiger partial charge in [-0.3, -0.25) is 0 Å². The highest BCUT2D eigenvalue weighted by molar-refractivity contribution is 4.91. The first-order chi connectivity index (χ1) is 4.59. The van der Waals surface area contributed by atoms with Crippen LogP contribution in [0.2, 0.25) is 0 Å². The van der Waals surface area contributed by atoms with Gasteiger partial charge in [0.25, 0.3) is 0 Å². The van der Waals surface area contributed by atoms with E-state index in [1.54, 1.807) is 0 Å². The normalized spacial score (nSPS) is 13.6. The summed E-state index contributed by atoms with van der Waals surface area (Å²) in [5, 5.41) is 0. The van der Waals surface area contributed by atoms with E-state index in [0.717, 1.165) is 0 Å². The quantitative estimate of drug-likeness (QED) is 0.422.